The van der Waals surface area contributed by atoms with E-state index in [1.165, 1.54) is 12.1 Å². The Morgan fingerprint density at radius 1 is 1.19 bits per heavy atom. The second-order valence-corrected chi connectivity index (χ2v) is 7.08. The molecule has 1 fully saturated rings. The molecule has 8 heteroatoms. The summed E-state index contributed by atoms with van der Waals surface area (Å²) in [6.45, 7) is 4.81. The van der Waals surface area contributed by atoms with Crippen LogP contribution >= 0.6 is 35.7 Å². The van der Waals surface area contributed by atoms with Gasteiger partial charge >= 0.3 is 0 Å². The number of benzene rings is 1. The van der Waals surface area contributed by atoms with Crippen LogP contribution in [0.15, 0.2) is 34.2 Å². The van der Waals surface area contributed by atoms with Gasteiger partial charge in [0.2, 0.25) is 5.91 Å². The molecular formula is C18H28FIN4OS. The van der Waals surface area contributed by atoms with Crippen molar-refractivity contribution in [3.8, 4) is 0 Å². The Morgan fingerprint density at radius 3 is 2.54 bits per heavy atom. The topological polar surface area (TPSA) is 65.5 Å². The molecule has 1 aromatic carbocycles. The Kier molecular flexibility index (Phi) is 11.7. The van der Waals surface area contributed by atoms with E-state index in [1.54, 1.807) is 23.9 Å². The van der Waals surface area contributed by atoms with Crippen molar-refractivity contribution in [2.75, 3.05) is 31.9 Å². The maximum atomic E-state index is 12.8. The fraction of sp³-hybridized carbons (Fsp3) is 0.556. The zero-order chi connectivity index (χ0) is 17.9. The highest BCUT2D eigenvalue weighted by molar-refractivity contribution is 14.0. The molecule has 1 aliphatic rings. The average Bonchev–Trinajstić information content (AvgIpc) is 3.45. The molecule has 146 valence electrons. The zero-order valence-electron chi connectivity index (χ0n) is 15.1. The molecule has 0 atom stereocenters. The number of thioether (sulfide) groups is 1. The summed E-state index contributed by atoms with van der Waals surface area (Å²) in [4.78, 5) is 17.1. The van der Waals surface area contributed by atoms with Crippen LogP contribution < -0.4 is 16.0 Å². The van der Waals surface area contributed by atoms with Gasteiger partial charge in [0.1, 0.15) is 5.82 Å². The fourth-order valence-electron chi connectivity index (χ4n) is 2.17. The molecule has 26 heavy (non-hydrogen) atoms. The lowest BCUT2D eigenvalue weighted by Gasteiger charge is -2.11. The molecule has 1 saturated carbocycles. The third kappa shape index (κ3) is 9.61. The number of amides is 1. The number of carbonyl (C=O) groups is 1. The summed E-state index contributed by atoms with van der Waals surface area (Å²) in [7, 11) is 0. The van der Waals surface area contributed by atoms with E-state index in [0.29, 0.717) is 13.1 Å². The molecule has 1 aliphatic carbocycles. The standard InChI is InChI=1S/C18H27FN4OS.HI/c1-2-20-18(23-12-11-21-17(24)14-4-5-14)22-10-3-13-25-16-8-6-15(19)7-9-16;/h6-9,14H,2-5,10-13H2,1H3,(H,21,24)(H2,20,22,23);1H. The number of hydrogen-bond donors (Lipinski definition) is 3. The molecule has 0 saturated heterocycles. The van der Waals surface area contributed by atoms with Crippen LogP contribution in [0.3, 0.4) is 0 Å². The van der Waals surface area contributed by atoms with Crippen LogP contribution in [-0.2, 0) is 4.79 Å². The average molecular weight is 494 g/mol. The van der Waals surface area contributed by atoms with E-state index in [-0.39, 0.29) is 41.6 Å². The van der Waals surface area contributed by atoms with Crippen LogP contribution in [0, 0.1) is 11.7 Å². The normalized spacial score (nSPS) is 13.7. The molecule has 0 spiro atoms. The van der Waals surface area contributed by atoms with Gasteiger partial charge in [-0.15, -0.1) is 35.7 Å². The number of halogens is 2. The number of hydrogen-bond acceptors (Lipinski definition) is 3. The third-order valence-corrected chi connectivity index (χ3v) is 4.76. The van der Waals surface area contributed by atoms with Crippen LogP contribution in [0.25, 0.3) is 0 Å². The zero-order valence-corrected chi connectivity index (χ0v) is 18.2. The summed E-state index contributed by atoms with van der Waals surface area (Å²) in [6.07, 6.45) is 3.00. The second-order valence-electron chi connectivity index (χ2n) is 5.91. The maximum absolute atomic E-state index is 12.8. The molecule has 3 N–H and O–H groups in total. The number of guanidine groups is 1. The molecule has 0 aliphatic heterocycles. The number of nitrogens with zero attached hydrogens (tertiary/aromatic N) is 1. The first-order valence-electron chi connectivity index (χ1n) is 8.87. The minimum atomic E-state index is -0.205. The minimum Gasteiger partial charge on any atom is -0.357 e. The molecule has 0 aromatic heterocycles. The van der Waals surface area contributed by atoms with Crippen LogP contribution in [-0.4, -0.2) is 43.8 Å². The number of aliphatic imine (C=N–C) groups is 1. The van der Waals surface area contributed by atoms with Crippen molar-refractivity contribution < 1.29 is 9.18 Å². The highest BCUT2D eigenvalue weighted by atomic mass is 127. The molecule has 5 nitrogen and oxygen atoms in total. The van der Waals surface area contributed by atoms with E-state index in [4.69, 9.17) is 0 Å². The van der Waals surface area contributed by atoms with Crippen LogP contribution in [0.4, 0.5) is 4.39 Å². The molecular weight excluding hydrogens is 466 g/mol. The van der Waals surface area contributed by atoms with Gasteiger partial charge in [-0.2, -0.15) is 0 Å². The van der Waals surface area contributed by atoms with Gasteiger partial charge in [-0.3, -0.25) is 9.79 Å². The first-order chi connectivity index (χ1) is 12.2. The minimum absolute atomic E-state index is 0. The predicted molar refractivity (Wildman–Crippen MR) is 117 cm³/mol. The fourth-order valence-corrected chi connectivity index (χ4v) is 3.01. The summed E-state index contributed by atoms with van der Waals surface area (Å²) in [6, 6.07) is 6.56. The summed E-state index contributed by atoms with van der Waals surface area (Å²) in [5.74, 6) is 1.92. The summed E-state index contributed by atoms with van der Waals surface area (Å²) >= 11 is 1.70. The van der Waals surface area contributed by atoms with Gasteiger partial charge in [-0.1, -0.05) is 0 Å². The molecule has 1 aromatic rings. The maximum Gasteiger partial charge on any atom is 0.223 e. The Hall–Kier alpha value is -1.03. The third-order valence-electron chi connectivity index (χ3n) is 3.66. The number of carbonyl (C=O) groups excluding carboxylic acids is 1. The van der Waals surface area contributed by atoms with Crippen molar-refractivity contribution in [3.05, 3.63) is 30.1 Å². The Labute approximate surface area is 176 Å². The summed E-state index contributed by atoms with van der Waals surface area (Å²) in [5, 5.41) is 9.35. The highest BCUT2D eigenvalue weighted by Gasteiger charge is 2.28. The largest absolute Gasteiger partial charge is 0.357 e. The highest BCUT2D eigenvalue weighted by Crippen LogP contribution is 2.28. The molecule has 0 bridgehead atoms. The van der Waals surface area contributed by atoms with Crippen molar-refractivity contribution >= 4 is 47.6 Å². The van der Waals surface area contributed by atoms with Crippen molar-refractivity contribution in [3.63, 3.8) is 0 Å². The smallest absolute Gasteiger partial charge is 0.223 e. The van der Waals surface area contributed by atoms with E-state index in [1.807, 2.05) is 6.92 Å². The van der Waals surface area contributed by atoms with Gasteiger partial charge < -0.3 is 16.0 Å². The Bertz CT molecular complexity index is 567. The van der Waals surface area contributed by atoms with Gasteiger partial charge in [-0.25, -0.2) is 4.39 Å². The van der Waals surface area contributed by atoms with E-state index >= 15 is 0 Å². The number of rotatable bonds is 10. The van der Waals surface area contributed by atoms with Gasteiger partial charge in [0.25, 0.3) is 0 Å². The van der Waals surface area contributed by atoms with Crippen LogP contribution in [0.2, 0.25) is 0 Å². The van der Waals surface area contributed by atoms with Crippen LogP contribution in [0.1, 0.15) is 26.2 Å². The van der Waals surface area contributed by atoms with Crippen molar-refractivity contribution in [1.82, 2.24) is 16.0 Å². The van der Waals surface area contributed by atoms with Crippen molar-refractivity contribution in [2.45, 2.75) is 31.1 Å². The molecule has 2 rings (SSSR count). The van der Waals surface area contributed by atoms with E-state index in [0.717, 1.165) is 49.0 Å². The SMILES string of the molecule is CCNC(=NCCCSc1ccc(F)cc1)NCCNC(=O)C1CC1.I. The molecule has 1 amide bonds. The van der Waals surface area contributed by atoms with Gasteiger partial charge in [0, 0.05) is 37.0 Å². The van der Waals surface area contributed by atoms with Crippen molar-refractivity contribution in [1.29, 1.82) is 0 Å². The first-order valence-corrected chi connectivity index (χ1v) is 9.86. The van der Waals surface area contributed by atoms with Crippen molar-refractivity contribution in [2.24, 2.45) is 10.9 Å². The molecule has 0 heterocycles. The number of nitrogens with one attached hydrogen (secondary N) is 3. The quantitative estimate of drug-likeness (QED) is 0.154. The Balaban J connectivity index is 0.00000338. The first kappa shape index (κ1) is 23.0. The second kappa shape index (κ2) is 13.2. The summed E-state index contributed by atoms with van der Waals surface area (Å²) < 4.78 is 12.8. The monoisotopic (exact) mass is 494 g/mol. The van der Waals surface area contributed by atoms with E-state index in [9.17, 15) is 9.18 Å². The van der Waals surface area contributed by atoms with E-state index in [2.05, 4.69) is 20.9 Å². The molecule has 0 radical (unpaired) electrons. The summed E-state index contributed by atoms with van der Waals surface area (Å²) in [5.41, 5.74) is 0. The predicted octanol–water partition coefficient (Wildman–Crippen LogP) is 3.01. The lowest BCUT2D eigenvalue weighted by Crippen LogP contribution is -2.41. The lowest BCUT2D eigenvalue weighted by molar-refractivity contribution is -0.122. The van der Waals surface area contributed by atoms with Gasteiger partial charge in [-0.05, 0) is 56.2 Å². The lowest BCUT2D eigenvalue weighted by atomic mass is 10.4. The van der Waals surface area contributed by atoms with E-state index < -0.39 is 0 Å². The van der Waals surface area contributed by atoms with Crippen LogP contribution in [0.5, 0.6) is 0 Å². The van der Waals surface area contributed by atoms with Gasteiger partial charge in [0.05, 0.1) is 0 Å². The Morgan fingerprint density at radius 2 is 1.88 bits per heavy atom. The molecule has 0 unspecified atom stereocenters. The van der Waals surface area contributed by atoms with Gasteiger partial charge in [0.15, 0.2) is 5.96 Å².